The molecule has 1 rings (SSSR count). The Morgan fingerprint density at radius 1 is 1.40 bits per heavy atom. The molecule has 0 N–H and O–H groups in total. The summed E-state index contributed by atoms with van der Waals surface area (Å²) in [7, 11) is 1.45. The molecule has 0 aliphatic heterocycles. The highest BCUT2D eigenvalue weighted by atomic mass is 35.7. The lowest BCUT2D eigenvalue weighted by atomic mass is 10.0. The van der Waals surface area contributed by atoms with Crippen LogP contribution in [0.25, 0.3) is 0 Å². The van der Waals surface area contributed by atoms with Gasteiger partial charge < -0.3 is 4.90 Å². The van der Waals surface area contributed by atoms with E-state index in [4.69, 9.17) is 10.7 Å². The van der Waals surface area contributed by atoms with Crippen LogP contribution in [0.15, 0.2) is 41.8 Å². The first kappa shape index (κ1) is 16.7. The summed E-state index contributed by atoms with van der Waals surface area (Å²) in [6, 6.07) is 5.70. The Morgan fingerprint density at radius 3 is 2.45 bits per heavy atom. The van der Waals surface area contributed by atoms with Crippen LogP contribution >= 0.6 is 10.7 Å². The van der Waals surface area contributed by atoms with Crippen molar-refractivity contribution in [1.82, 2.24) is 4.90 Å². The third kappa shape index (κ3) is 4.08. The molecule has 0 radical (unpaired) electrons. The zero-order valence-corrected chi connectivity index (χ0v) is 13.3. The number of halogens is 1. The van der Waals surface area contributed by atoms with Gasteiger partial charge in [0.1, 0.15) is 0 Å². The molecule has 0 fully saturated rings. The molecule has 0 saturated heterocycles. The smallest absolute Gasteiger partial charge is 0.261 e. The summed E-state index contributed by atoms with van der Waals surface area (Å²) in [5.41, 5.74) is -0.121. The van der Waals surface area contributed by atoms with Crippen molar-refractivity contribution in [2.24, 2.45) is 0 Å². The molecular weight excluding hydrogens is 298 g/mol. The minimum absolute atomic E-state index is 0.0857. The molecule has 110 valence electrons. The molecule has 0 unspecified atom stereocenters. The van der Waals surface area contributed by atoms with E-state index in [9.17, 15) is 13.2 Å². The number of amides is 1. The van der Waals surface area contributed by atoms with E-state index in [0.29, 0.717) is 6.54 Å². The van der Waals surface area contributed by atoms with E-state index in [1.165, 1.54) is 18.2 Å². The highest BCUT2D eigenvalue weighted by Crippen LogP contribution is 2.21. The Balaban J connectivity index is 3.23. The van der Waals surface area contributed by atoms with Crippen molar-refractivity contribution in [2.45, 2.75) is 31.2 Å². The second-order valence-electron chi connectivity index (χ2n) is 5.34. The Morgan fingerprint density at radius 2 is 2.00 bits per heavy atom. The van der Waals surface area contributed by atoms with Gasteiger partial charge in [-0.05, 0) is 39.0 Å². The predicted molar refractivity (Wildman–Crippen MR) is 80.5 cm³/mol. The highest BCUT2D eigenvalue weighted by Gasteiger charge is 2.26. The summed E-state index contributed by atoms with van der Waals surface area (Å²) in [6.07, 6.45) is 1.63. The molecule has 0 aliphatic carbocycles. The summed E-state index contributed by atoms with van der Waals surface area (Å²) in [4.78, 5) is 14.0. The molecule has 1 aromatic carbocycles. The van der Waals surface area contributed by atoms with Crippen LogP contribution in [0.4, 0.5) is 0 Å². The summed E-state index contributed by atoms with van der Waals surface area (Å²) in [5.74, 6) is -0.264. The van der Waals surface area contributed by atoms with Gasteiger partial charge in [0.2, 0.25) is 0 Å². The highest BCUT2D eigenvalue weighted by molar-refractivity contribution is 8.13. The first-order valence-electron chi connectivity index (χ1n) is 6.05. The van der Waals surface area contributed by atoms with E-state index in [1.54, 1.807) is 17.0 Å². The molecule has 1 amide bonds. The Bertz CT molecular complexity index is 618. The second-order valence-corrected chi connectivity index (χ2v) is 7.91. The average molecular weight is 316 g/mol. The van der Waals surface area contributed by atoms with Crippen LogP contribution in [0.2, 0.25) is 0 Å². The van der Waals surface area contributed by atoms with Crippen molar-refractivity contribution in [3.8, 4) is 0 Å². The average Bonchev–Trinajstić information content (AvgIpc) is 2.33. The van der Waals surface area contributed by atoms with Gasteiger partial charge in [-0.2, -0.15) is 0 Å². The molecule has 0 heterocycles. The molecule has 0 aliphatic rings. The molecule has 0 spiro atoms. The molecule has 4 nitrogen and oxygen atoms in total. The van der Waals surface area contributed by atoms with Crippen LogP contribution in [-0.2, 0) is 9.05 Å². The normalized spacial score (nSPS) is 12.0. The standard InChI is InChI=1S/C14H18ClNO3S/c1-5-9-16(14(2,3)4)13(17)11-7-6-8-12(10-11)20(15,18)19/h5-8,10H,1,9H2,2-4H3. The Hall–Kier alpha value is -1.33. The molecule has 20 heavy (non-hydrogen) atoms. The zero-order chi connectivity index (χ0) is 15.6. The van der Waals surface area contributed by atoms with Gasteiger partial charge >= 0.3 is 0 Å². The quantitative estimate of drug-likeness (QED) is 0.634. The maximum atomic E-state index is 12.5. The number of carbonyl (C=O) groups is 1. The van der Waals surface area contributed by atoms with Gasteiger partial charge in [-0.1, -0.05) is 12.1 Å². The summed E-state index contributed by atoms with van der Waals surface area (Å²) < 4.78 is 22.6. The van der Waals surface area contributed by atoms with Crippen LogP contribution in [0.5, 0.6) is 0 Å². The minimum Gasteiger partial charge on any atom is -0.330 e. The van der Waals surface area contributed by atoms with Crippen LogP contribution in [0, 0.1) is 0 Å². The van der Waals surface area contributed by atoms with Crippen molar-refractivity contribution in [3.05, 3.63) is 42.5 Å². The van der Waals surface area contributed by atoms with Crippen molar-refractivity contribution in [3.63, 3.8) is 0 Å². The second kappa shape index (κ2) is 5.97. The maximum absolute atomic E-state index is 12.5. The third-order valence-electron chi connectivity index (χ3n) is 2.73. The van der Waals surface area contributed by atoms with Gasteiger partial charge in [0.15, 0.2) is 0 Å². The van der Waals surface area contributed by atoms with Crippen LogP contribution in [0.1, 0.15) is 31.1 Å². The van der Waals surface area contributed by atoms with Gasteiger partial charge in [-0.15, -0.1) is 6.58 Å². The van der Waals surface area contributed by atoms with E-state index in [2.05, 4.69) is 6.58 Å². The molecule has 0 aromatic heterocycles. The fourth-order valence-electron chi connectivity index (χ4n) is 1.73. The maximum Gasteiger partial charge on any atom is 0.261 e. The first-order valence-corrected chi connectivity index (χ1v) is 8.36. The number of nitrogens with zero attached hydrogens (tertiary/aromatic N) is 1. The number of carbonyl (C=O) groups excluding carboxylic acids is 1. The number of hydrogen-bond acceptors (Lipinski definition) is 3. The van der Waals surface area contributed by atoms with E-state index in [1.807, 2.05) is 20.8 Å². The van der Waals surface area contributed by atoms with Crippen molar-refractivity contribution >= 4 is 25.6 Å². The SMILES string of the molecule is C=CCN(C(=O)c1cccc(S(=O)(=O)Cl)c1)C(C)(C)C. The summed E-state index contributed by atoms with van der Waals surface area (Å²) in [6.45, 7) is 9.71. The van der Waals surface area contributed by atoms with Crippen LogP contribution < -0.4 is 0 Å². The first-order chi connectivity index (χ1) is 9.07. The van der Waals surface area contributed by atoms with Crippen LogP contribution in [0.3, 0.4) is 0 Å². The van der Waals surface area contributed by atoms with E-state index in [-0.39, 0.29) is 16.4 Å². The molecule has 6 heteroatoms. The van der Waals surface area contributed by atoms with Crippen LogP contribution in [-0.4, -0.2) is 31.3 Å². The zero-order valence-electron chi connectivity index (χ0n) is 11.8. The van der Waals surface area contributed by atoms with E-state index < -0.39 is 14.6 Å². The van der Waals surface area contributed by atoms with Gasteiger partial charge in [-0.3, -0.25) is 4.79 Å². The largest absolute Gasteiger partial charge is 0.330 e. The van der Waals surface area contributed by atoms with Gasteiger partial charge in [0.05, 0.1) is 4.90 Å². The van der Waals surface area contributed by atoms with Crippen molar-refractivity contribution in [1.29, 1.82) is 0 Å². The van der Waals surface area contributed by atoms with Gasteiger partial charge in [0.25, 0.3) is 15.0 Å². The number of benzene rings is 1. The van der Waals surface area contributed by atoms with Crippen molar-refractivity contribution < 1.29 is 13.2 Å². The lowest BCUT2D eigenvalue weighted by Crippen LogP contribution is -2.45. The molecule has 0 atom stereocenters. The Labute approximate surface area is 124 Å². The Kier molecular flexibility index (Phi) is 5.00. The fourth-order valence-corrected chi connectivity index (χ4v) is 2.52. The van der Waals surface area contributed by atoms with E-state index >= 15 is 0 Å². The molecular formula is C14H18ClNO3S. The summed E-state index contributed by atoms with van der Waals surface area (Å²) >= 11 is 0. The monoisotopic (exact) mass is 315 g/mol. The van der Waals surface area contributed by atoms with Gasteiger partial charge in [0, 0.05) is 28.3 Å². The molecule has 1 aromatic rings. The van der Waals surface area contributed by atoms with Gasteiger partial charge in [-0.25, -0.2) is 8.42 Å². The minimum atomic E-state index is -3.85. The topological polar surface area (TPSA) is 54.5 Å². The fraction of sp³-hybridized carbons (Fsp3) is 0.357. The third-order valence-corrected chi connectivity index (χ3v) is 4.08. The van der Waals surface area contributed by atoms with E-state index in [0.717, 1.165) is 0 Å². The number of hydrogen-bond donors (Lipinski definition) is 0. The predicted octanol–water partition coefficient (Wildman–Crippen LogP) is 3.04. The summed E-state index contributed by atoms with van der Waals surface area (Å²) in [5, 5.41) is 0. The molecule has 0 saturated carbocycles. The lowest BCUT2D eigenvalue weighted by molar-refractivity contribution is 0.0616. The number of rotatable bonds is 4. The lowest BCUT2D eigenvalue weighted by Gasteiger charge is -2.35. The molecule has 0 bridgehead atoms. The van der Waals surface area contributed by atoms with Crippen molar-refractivity contribution in [2.75, 3.05) is 6.54 Å².